The number of rotatable bonds is 3. The van der Waals surface area contributed by atoms with Gasteiger partial charge in [-0.05, 0) is 56.0 Å². The third-order valence-corrected chi connectivity index (χ3v) is 6.57. The van der Waals surface area contributed by atoms with Gasteiger partial charge in [0, 0.05) is 35.6 Å². The molecule has 1 aliphatic rings. The molecule has 1 saturated heterocycles. The van der Waals surface area contributed by atoms with E-state index in [0.29, 0.717) is 33.6 Å². The van der Waals surface area contributed by atoms with Crippen molar-refractivity contribution < 1.29 is 4.42 Å². The average molecular weight is 451 g/mol. The SMILES string of the molecule is Cc1[nH]nc2nc(-c3ccc4[nH]c(=O)oc4c3)c(C#N)c(-c3ccc(N4CCCCC4)cc3)c12. The number of nitriles is 1. The Balaban J connectivity index is 1.55. The average Bonchev–Trinajstić information content (AvgIpc) is 3.44. The van der Waals surface area contributed by atoms with Crippen LogP contribution in [0.4, 0.5) is 5.69 Å². The molecule has 0 aliphatic carbocycles. The van der Waals surface area contributed by atoms with Gasteiger partial charge in [-0.3, -0.25) is 10.1 Å². The first kappa shape index (κ1) is 20.2. The van der Waals surface area contributed by atoms with Gasteiger partial charge in [0.15, 0.2) is 11.2 Å². The lowest BCUT2D eigenvalue weighted by Gasteiger charge is -2.29. The largest absolute Gasteiger partial charge is 0.417 e. The van der Waals surface area contributed by atoms with Crippen molar-refractivity contribution in [1.82, 2.24) is 20.2 Å². The molecule has 34 heavy (non-hydrogen) atoms. The summed E-state index contributed by atoms with van der Waals surface area (Å²) < 4.78 is 5.23. The van der Waals surface area contributed by atoms with Crippen LogP contribution in [0.15, 0.2) is 51.7 Å². The van der Waals surface area contributed by atoms with Crippen LogP contribution in [0.3, 0.4) is 0 Å². The number of nitrogens with one attached hydrogen (secondary N) is 2. The van der Waals surface area contributed by atoms with Gasteiger partial charge in [0.05, 0.1) is 22.2 Å². The molecule has 2 aromatic carbocycles. The summed E-state index contributed by atoms with van der Waals surface area (Å²) in [7, 11) is 0. The maximum Gasteiger partial charge on any atom is 0.417 e. The Morgan fingerprint density at radius 3 is 2.59 bits per heavy atom. The number of aromatic amines is 2. The molecule has 8 heteroatoms. The van der Waals surface area contributed by atoms with E-state index in [4.69, 9.17) is 9.40 Å². The maximum absolute atomic E-state index is 11.6. The minimum Gasteiger partial charge on any atom is -0.408 e. The number of benzene rings is 2. The summed E-state index contributed by atoms with van der Waals surface area (Å²) in [5.74, 6) is -0.520. The fourth-order valence-corrected chi connectivity index (χ4v) is 4.89. The van der Waals surface area contributed by atoms with E-state index in [-0.39, 0.29) is 0 Å². The molecule has 8 nitrogen and oxygen atoms in total. The minimum atomic E-state index is -0.520. The molecule has 0 bridgehead atoms. The van der Waals surface area contributed by atoms with Crippen LogP contribution >= 0.6 is 0 Å². The zero-order chi connectivity index (χ0) is 23.2. The minimum absolute atomic E-state index is 0.416. The predicted octanol–water partition coefficient (Wildman–Crippen LogP) is 4.90. The molecule has 0 saturated carbocycles. The van der Waals surface area contributed by atoms with E-state index in [1.54, 1.807) is 12.1 Å². The second-order valence-corrected chi connectivity index (χ2v) is 8.69. The number of hydrogen-bond donors (Lipinski definition) is 2. The molecular formula is C26H22N6O2. The van der Waals surface area contributed by atoms with E-state index in [0.717, 1.165) is 35.3 Å². The number of anilines is 1. The molecule has 0 atom stereocenters. The standard InChI is InChI=1S/C26H22N6O2/c1-15-22-23(16-5-8-18(9-6-16)32-11-3-2-4-12-32)19(14-27)24(29-25(22)31-30-15)17-7-10-20-21(13-17)34-26(33)28-20/h5-10,13H,2-4,11-12H2,1H3,(H,28,33)(H,29,30,31). The van der Waals surface area contributed by atoms with Crippen molar-refractivity contribution in [3.05, 3.63) is 64.3 Å². The van der Waals surface area contributed by atoms with Crippen molar-refractivity contribution in [2.24, 2.45) is 0 Å². The first-order valence-corrected chi connectivity index (χ1v) is 11.4. The highest BCUT2D eigenvalue weighted by Gasteiger charge is 2.22. The summed E-state index contributed by atoms with van der Waals surface area (Å²) in [6, 6.07) is 16.1. The number of aryl methyl sites for hydroxylation is 1. The first-order chi connectivity index (χ1) is 16.6. The summed E-state index contributed by atoms with van der Waals surface area (Å²) in [5, 5.41) is 18.5. The van der Waals surface area contributed by atoms with Crippen molar-refractivity contribution in [2.75, 3.05) is 18.0 Å². The number of hydrogen-bond acceptors (Lipinski definition) is 6. The molecule has 0 radical (unpaired) electrons. The maximum atomic E-state index is 11.6. The molecular weight excluding hydrogens is 428 g/mol. The van der Waals surface area contributed by atoms with Crippen molar-refractivity contribution >= 4 is 27.8 Å². The quantitative estimate of drug-likeness (QED) is 0.404. The van der Waals surface area contributed by atoms with Gasteiger partial charge < -0.3 is 9.32 Å². The zero-order valence-corrected chi connectivity index (χ0v) is 18.7. The topological polar surface area (TPSA) is 115 Å². The van der Waals surface area contributed by atoms with Crippen LogP contribution in [0.2, 0.25) is 0 Å². The number of piperidine rings is 1. The van der Waals surface area contributed by atoms with Gasteiger partial charge in [-0.15, -0.1) is 0 Å². The van der Waals surface area contributed by atoms with E-state index in [1.165, 1.54) is 24.9 Å². The number of aromatic nitrogens is 4. The summed E-state index contributed by atoms with van der Waals surface area (Å²) in [5.41, 5.74) is 6.98. The van der Waals surface area contributed by atoms with E-state index >= 15 is 0 Å². The van der Waals surface area contributed by atoms with Gasteiger partial charge >= 0.3 is 5.76 Å². The second kappa shape index (κ2) is 7.89. The van der Waals surface area contributed by atoms with Crippen molar-refractivity contribution in [3.63, 3.8) is 0 Å². The Morgan fingerprint density at radius 1 is 1.06 bits per heavy atom. The van der Waals surface area contributed by atoms with Crippen LogP contribution in [-0.4, -0.2) is 33.3 Å². The molecule has 0 amide bonds. The lowest BCUT2D eigenvalue weighted by atomic mass is 9.93. The number of pyridine rings is 1. The molecule has 0 spiro atoms. The molecule has 5 aromatic rings. The molecule has 0 unspecified atom stereocenters. The van der Waals surface area contributed by atoms with Gasteiger partial charge in [0.2, 0.25) is 0 Å². The van der Waals surface area contributed by atoms with Crippen LogP contribution in [0.5, 0.6) is 0 Å². The van der Waals surface area contributed by atoms with Gasteiger partial charge in [0.25, 0.3) is 0 Å². The predicted molar refractivity (Wildman–Crippen MR) is 131 cm³/mol. The van der Waals surface area contributed by atoms with Crippen LogP contribution in [0.1, 0.15) is 30.5 Å². The number of H-pyrrole nitrogens is 2. The van der Waals surface area contributed by atoms with E-state index in [9.17, 15) is 10.1 Å². The van der Waals surface area contributed by atoms with Crippen molar-refractivity contribution in [2.45, 2.75) is 26.2 Å². The van der Waals surface area contributed by atoms with Crippen molar-refractivity contribution in [1.29, 1.82) is 5.26 Å². The molecule has 3 aromatic heterocycles. The monoisotopic (exact) mass is 450 g/mol. The summed E-state index contributed by atoms with van der Waals surface area (Å²) in [4.78, 5) is 21.4. The van der Waals surface area contributed by atoms with Crippen LogP contribution in [-0.2, 0) is 0 Å². The number of nitrogens with zero attached hydrogens (tertiary/aromatic N) is 4. The third kappa shape index (κ3) is 3.25. The second-order valence-electron chi connectivity index (χ2n) is 8.69. The van der Waals surface area contributed by atoms with Gasteiger partial charge in [-0.2, -0.15) is 10.4 Å². The summed E-state index contributed by atoms with van der Waals surface area (Å²) in [6.07, 6.45) is 3.72. The van der Waals surface area contributed by atoms with E-state index in [2.05, 4.69) is 50.4 Å². The fourth-order valence-electron chi connectivity index (χ4n) is 4.89. The van der Waals surface area contributed by atoms with E-state index < -0.39 is 5.76 Å². The van der Waals surface area contributed by atoms with Gasteiger partial charge in [0.1, 0.15) is 6.07 Å². The van der Waals surface area contributed by atoms with Crippen molar-refractivity contribution in [3.8, 4) is 28.5 Å². The zero-order valence-electron chi connectivity index (χ0n) is 18.7. The van der Waals surface area contributed by atoms with Crippen LogP contribution in [0, 0.1) is 18.3 Å². The fraction of sp³-hybridized carbons (Fsp3) is 0.231. The Kier molecular flexibility index (Phi) is 4.69. The Hall–Kier alpha value is -4.38. The smallest absolute Gasteiger partial charge is 0.408 e. The first-order valence-electron chi connectivity index (χ1n) is 11.4. The molecule has 2 N–H and O–H groups in total. The van der Waals surface area contributed by atoms with Crippen LogP contribution in [0.25, 0.3) is 44.5 Å². The summed E-state index contributed by atoms with van der Waals surface area (Å²) >= 11 is 0. The molecule has 4 heterocycles. The Labute approximate surface area is 194 Å². The highest BCUT2D eigenvalue weighted by Crippen LogP contribution is 2.38. The molecule has 1 fully saturated rings. The van der Waals surface area contributed by atoms with Gasteiger partial charge in [-0.1, -0.05) is 18.2 Å². The number of oxazole rings is 1. The highest BCUT2D eigenvalue weighted by atomic mass is 16.4. The lowest BCUT2D eigenvalue weighted by molar-refractivity contribution is 0.555. The third-order valence-electron chi connectivity index (χ3n) is 6.57. The lowest BCUT2D eigenvalue weighted by Crippen LogP contribution is -2.29. The molecule has 6 rings (SSSR count). The van der Waals surface area contributed by atoms with Crippen LogP contribution < -0.4 is 10.7 Å². The number of fused-ring (bicyclic) bond motifs is 2. The molecule has 1 aliphatic heterocycles. The molecule has 168 valence electrons. The Bertz CT molecular complexity index is 1630. The van der Waals surface area contributed by atoms with E-state index in [1.807, 2.05) is 13.0 Å². The van der Waals surface area contributed by atoms with Gasteiger partial charge in [-0.25, -0.2) is 9.78 Å². The Morgan fingerprint density at radius 2 is 1.82 bits per heavy atom. The summed E-state index contributed by atoms with van der Waals surface area (Å²) in [6.45, 7) is 4.08. The normalized spacial score (nSPS) is 14.1. The highest BCUT2D eigenvalue weighted by molar-refractivity contribution is 6.01.